The van der Waals surface area contributed by atoms with Gasteiger partial charge in [0, 0.05) is 0 Å². The van der Waals surface area contributed by atoms with Crippen LogP contribution in [0.1, 0.15) is 72.1 Å². The molecule has 4 heteroatoms. The highest BCUT2D eigenvalue weighted by molar-refractivity contribution is 5.91. The van der Waals surface area contributed by atoms with E-state index in [9.17, 15) is 9.59 Å². The number of carbonyl (C=O) groups is 2. The third-order valence-corrected chi connectivity index (χ3v) is 3.32. The molecule has 1 amide bonds. The number of nitrogens with one attached hydrogen (secondary N) is 1. The molecule has 0 aliphatic carbocycles. The Kier molecular flexibility index (Phi) is 11.6. The van der Waals surface area contributed by atoms with Crippen LogP contribution >= 0.6 is 0 Å². The Balaban J connectivity index is 3.85. The van der Waals surface area contributed by atoms with Gasteiger partial charge in [-0.2, -0.15) is 0 Å². The van der Waals surface area contributed by atoms with Crippen LogP contribution in [0.15, 0.2) is 12.2 Å². The average molecular weight is 297 g/mol. The van der Waals surface area contributed by atoms with Gasteiger partial charge in [0.1, 0.15) is 6.04 Å². The first-order valence-electron chi connectivity index (χ1n) is 8.17. The normalized spacial score (nSPS) is 12.8. The number of unbranched alkanes of at least 4 members (excludes halogenated alkanes) is 6. The van der Waals surface area contributed by atoms with Gasteiger partial charge in [-0.05, 0) is 31.3 Å². The first-order chi connectivity index (χ1) is 9.97. The minimum Gasteiger partial charge on any atom is -0.480 e. The van der Waals surface area contributed by atoms with Crippen molar-refractivity contribution >= 4 is 11.9 Å². The first-order valence-corrected chi connectivity index (χ1v) is 8.17. The molecule has 21 heavy (non-hydrogen) atoms. The highest BCUT2D eigenvalue weighted by Gasteiger charge is 2.19. The number of amides is 1. The molecule has 0 heterocycles. The fraction of sp³-hybridized carbons (Fsp3) is 0.765. The zero-order chi connectivity index (χ0) is 16.1. The first kappa shape index (κ1) is 19.7. The SMILES string of the molecule is CCCCCCCCC=CC(=O)N[C@@H](CC(C)C)C(=O)O. The predicted molar refractivity (Wildman–Crippen MR) is 86.2 cm³/mol. The molecular formula is C17H31NO3. The third-order valence-electron chi connectivity index (χ3n) is 3.32. The van der Waals surface area contributed by atoms with Gasteiger partial charge in [0.2, 0.25) is 5.91 Å². The van der Waals surface area contributed by atoms with Gasteiger partial charge in [0.25, 0.3) is 0 Å². The molecule has 1 atom stereocenters. The minimum atomic E-state index is -0.971. The minimum absolute atomic E-state index is 0.235. The lowest BCUT2D eigenvalue weighted by atomic mass is 10.0. The van der Waals surface area contributed by atoms with Gasteiger partial charge in [-0.1, -0.05) is 59.0 Å². The van der Waals surface area contributed by atoms with E-state index < -0.39 is 12.0 Å². The van der Waals surface area contributed by atoms with Crippen molar-refractivity contribution in [2.45, 2.75) is 78.2 Å². The maximum absolute atomic E-state index is 11.7. The molecule has 0 radical (unpaired) electrons. The molecule has 0 aromatic heterocycles. The molecule has 0 aromatic rings. The summed E-state index contributed by atoms with van der Waals surface area (Å²) in [6.07, 6.45) is 12.0. The highest BCUT2D eigenvalue weighted by atomic mass is 16.4. The van der Waals surface area contributed by atoms with Crippen molar-refractivity contribution in [2.24, 2.45) is 5.92 Å². The van der Waals surface area contributed by atoms with E-state index in [1.807, 2.05) is 19.9 Å². The van der Waals surface area contributed by atoms with E-state index in [-0.39, 0.29) is 11.8 Å². The van der Waals surface area contributed by atoms with Crippen LogP contribution in [0.2, 0.25) is 0 Å². The van der Waals surface area contributed by atoms with Crippen LogP contribution < -0.4 is 5.32 Å². The summed E-state index contributed by atoms with van der Waals surface area (Å²) < 4.78 is 0. The largest absolute Gasteiger partial charge is 0.480 e. The summed E-state index contributed by atoms with van der Waals surface area (Å²) in [6, 6.07) is -0.795. The summed E-state index contributed by atoms with van der Waals surface area (Å²) in [6.45, 7) is 6.08. The smallest absolute Gasteiger partial charge is 0.326 e. The van der Waals surface area contributed by atoms with Gasteiger partial charge in [-0.25, -0.2) is 4.79 Å². The quantitative estimate of drug-likeness (QED) is 0.424. The van der Waals surface area contributed by atoms with E-state index in [1.54, 1.807) is 0 Å². The zero-order valence-corrected chi connectivity index (χ0v) is 13.7. The standard InChI is InChI=1S/C17H31NO3/c1-4-5-6-7-8-9-10-11-12-16(19)18-15(17(20)21)13-14(2)3/h11-12,14-15H,4-10,13H2,1-3H3,(H,18,19)(H,20,21)/t15-/m0/s1. The number of hydrogen-bond donors (Lipinski definition) is 2. The van der Waals surface area contributed by atoms with Crippen LogP contribution in [0.25, 0.3) is 0 Å². The Morgan fingerprint density at radius 1 is 1.10 bits per heavy atom. The number of allylic oxidation sites excluding steroid dienone is 1. The Labute approximate surface area is 129 Å². The summed E-state index contributed by atoms with van der Waals surface area (Å²) in [5.74, 6) is -1.05. The van der Waals surface area contributed by atoms with E-state index in [0.29, 0.717) is 6.42 Å². The third kappa shape index (κ3) is 12.2. The summed E-state index contributed by atoms with van der Waals surface area (Å²) in [5.41, 5.74) is 0. The van der Waals surface area contributed by atoms with Crippen LogP contribution in [-0.4, -0.2) is 23.0 Å². The lowest BCUT2D eigenvalue weighted by molar-refractivity contribution is -0.141. The fourth-order valence-corrected chi connectivity index (χ4v) is 2.15. The van der Waals surface area contributed by atoms with E-state index in [2.05, 4.69) is 12.2 Å². The maximum atomic E-state index is 11.7. The number of carbonyl (C=O) groups excluding carboxylic acids is 1. The Morgan fingerprint density at radius 3 is 2.29 bits per heavy atom. The van der Waals surface area contributed by atoms with Crippen molar-refractivity contribution < 1.29 is 14.7 Å². The van der Waals surface area contributed by atoms with Gasteiger partial charge >= 0.3 is 5.97 Å². The Morgan fingerprint density at radius 2 is 1.71 bits per heavy atom. The Hall–Kier alpha value is -1.32. The van der Waals surface area contributed by atoms with Gasteiger partial charge in [-0.3, -0.25) is 4.79 Å². The van der Waals surface area contributed by atoms with Crippen molar-refractivity contribution in [3.63, 3.8) is 0 Å². The van der Waals surface area contributed by atoms with E-state index in [1.165, 1.54) is 38.2 Å². The molecule has 0 unspecified atom stereocenters. The van der Waals surface area contributed by atoms with Gasteiger partial charge in [0.05, 0.1) is 0 Å². The second kappa shape index (κ2) is 12.4. The van der Waals surface area contributed by atoms with Crippen molar-refractivity contribution in [1.29, 1.82) is 0 Å². The predicted octanol–water partition coefficient (Wildman–Crippen LogP) is 3.91. The van der Waals surface area contributed by atoms with Crippen LogP contribution in [0.5, 0.6) is 0 Å². The van der Waals surface area contributed by atoms with Crippen molar-refractivity contribution in [3.8, 4) is 0 Å². The summed E-state index contributed by atoms with van der Waals surface area (Å²) in [4.78, 5) is 22.7. The number of carboxylic acid groups (broad SMARTS) is 1. The second-order valence-electron chi connectivity index (χ2n) is 5.99. The summed E-state index contributed by atoms with van der Waals surface area (Å²) in [5, 5.41) is 11.6. The average Bonchev–Trinajstić information content (AvgIpc) is 2.40. The van der Waals surface area contributed by atoms with Gasteiger partial charge < -0.3 is 10.4 Å². The number of carboxylic acids is 1. The number of aliphatic carboxylic acids is 1. The van der Waals surface area contributed by atoms with E-state index in [4.69, 9.17) is 5.11 Å². The molecule has 0 aliphatic rings. The molecule has 0 rings (SSSR count). The van der Waals surface area contributed by atoms with Gasteiger partial charge in [0.15, 0.2) is 0 Å². The molecule has 2 N–H and O–H groups in total. The Bertz CT molecular complexity index is 324. The molecule has 122 valence electrons. The topological polar surface area (TPSA) is 66.4 Å². The van der Waals surface area contributed by atoms with Gasteiger partial charge in [-0.15, -0.1) is 0 Å². The summed E-state index contributed by atoms with van der Waals surface area (Å²) >= 11 is 0. The van der Waals surface area contributed by atoms with Crippen molar-refractivity contribution in [1.82, 2.24) is 5.32 Å². The molecule has 4 nitrogen and oxygen atoms in total. The van der Waals surface area contributed by atoms with Crippen molar-refractivity contribution in [3.05, 3.63) is 12.2 Å². The molecule has 0 spiro atoms. The van der Waals surface area contributed by atoms with E-state index in [0.717, 1.165) is 12.8 Å². The lowest BCUT2D eigenvalue weighted by Crippen LogP contribution is -2.40. The molecular weight excluding hydrogens is 266 g/mol. The van der Waals surface area contributed by atoms with E-state index >= 15 is 0 Å². The van der Waals surface area contributed by atoms with Crippen molar-refractivity contribution in [2.75, 3.05) is 0 Å². The molecule has 0 saturated heterocycles. The van der Waals surface area contributed by atoms with Crippen LogP contribution in [0.4, 0.5) is 0 Å². The highest BCUT2D eigenvalue weighted by Crippen LogP contribution is 2.07. The zero-order valence-electron chi connectivity index (χ0n) is 13.7. The monoisotopic (exact) mass is 297 g/mol. The summed E-state index contributed by atoms with van der Waals surface area (Å²) in [7, 11) is 0. The molecule has 0 bridgehead atoms. The maximum Gasteiger partial charge on any atom is 0.326 e. The molecule has 0 aliphatic heterocycles. The van der Waals surface area contributed by atoms with Crippen LogP contribution in [-0.2, 0) is 9.59 Å². The molecule has 0 saturated carbocycles. The lowest BCUT2D eigenvalue weighted by Gasteiger charge is -2.15. The van der Waals surface area contributed by atoms with Crippen LogP contribution in [0.3, 0.4) is 0 Å². The molecule has 0 aromatic carbocycles. The molecule has 0 fully saturated rings. The fourth-order valence-electron chi connectivity index (χ4n) is 2.15. The number of rotatable bonds is 12. The second-order valence-corrected chi connectivity index (χ2v) is 5.99. The number of hydrogen-bond acceptors (Lipinski definition) is 2. The van der Waals surface area contributed by atoms with Crippen LogP contribution in [0, 0.1) is 5.92 Å².